The Hall–Kier alpha value is -0.500. The molecule has 2 rings (SSSR count). The Morgan fingerprint density at radius 3 is 2.00 bits per heavy atom. The minimum Gasteiger partial charge on any atom is -0.263 e. The highest BCUT2D eigenvalue weighted by Gasteiger charge is 2.23. The molecular formula is C10H4Cl5N3O2S. The van der Waals surface area contributed by atoms with E-state index >= 15 is 0 Å². The van der Waals surface area contributed by atoms with Crippen LogP contribution in [0.2, 0.25) is 25.5 Å². The van der Waals surface area contributed by atoms with E-state index in [0.29, 0.717) is 0 Å². The summed E-state index contributed by atoms with van der Waals surface area (Å²) < 4.78 is 26.8. The molecule has 0 aliphatic carbocycles. The minimum atomic E-state index is -4.11. The molecule has 0 radical (unpaired) electrons. The highest BCUT2D eigenvalue weighted by Crippen LogP contribution is 2.33. The van der Waals surface area contributed by atoms with Crippen molar-refractivity contribution in [1.82, 2.24) is 9.97 Å². The van der Waals surface area contributed by atoms with Gasteiger partial charge in [-0.05, 0) is 23.7 Å². The Morgan fingerprint density at radius 1 is 0.905 bits per heavy atom. The molecule has 5 nitrogen and oxygen atoms in total. The van der Waals surface area contributed by atoms with Gasteiger partial charge in [-0.15, -0.1) is 0 Å². The lowest BCUT2D eigenvalue weighted by Gasteiger charge is -2.11. The van der Waals surface area contributed by atoms with Gasteiger partial charge < -0.3 is 0 Å². The first kappa shape index (κ1) is 16.9. The number of hydrogen-bond donors (Lipinski definition) is 1. The monoisotopic (exact) mass is 405 g/mol. The molecule has 112 valence electrons. The number of halogens is 5. The van der Waals surface area contributed by atoms with Gasteiger partial charge in [0, 0.05) is 11.1 Å². The maximum atomic E-state index is 12.3. The molecule has 0 saturated carbocycles. The zero-order valence-electron chi connectivity index (χ0n) is 9.74. The second-order valence-electron chi connectivity index (χ2n) is 3.65. The summed E-state index contributed by atoms with van der Waals surface area (Å²) in [5.41, 5.74) is 0. The minimum absolute atomic E-state index is 0.0269. The Kier molecular flexibility index (Phi) is 5.07. The average Bonchev–Trinajstić information content (AvgIpc) is 2.23. The fraction of sp³-hybridized carbons (Fsp3) is 0. The first-order valence-electron chi connectivity index (χ1n) is 5.06. The van der Waals surface area contributed by atoms with Crippen molar-refractivity contribution in [3.05, 3.63) is 43.7 Å². The molecule has 21 heavy (non-hydrogen) atoms. The van der Waals surface area contributed by atoms with E-state index in [9.17, 15) is 8.42 Å². The molecule has 0 unspecified atom stereocenters. The van der Waals surface area contributed by atoms with Crippen LogP contribution in [0.3, 0.4) is 0 Å². The topological polar surface area (TPSA) is 72.0 Å². The summed E-state index contributed by atoms with van der Waals surface area (Å²) in [7, 11) is -4.11. The molecule has 0 aliphatic heterocycles. The van der Waals surface area contributed by atoms with Gasteiger partial charge in [-0.1, -0.05) is 46.4 Å². The predicted molar refractivity (Wildman–Crippen MR) is 84.3 cm³/mol. The van der Waals surface area contributed by atoms with Crippen LogP contribution >= 0.6 is 58.0 Å². The van der Waals surface area contributed by atoms with Gasteiger partial charge in [0.2, 0.25) is 5.28 Å². The van der Waals surface area contributed by atoms with E-state index in [4.69, 9.17) is 58.0 Å². The highest BCUT2D eigenvalue weighted by atomic mass is 35.5. The molecule has 1 aromatic carbocycles. The molecule has 2 aromatic rings. The summed E-state index contributed by atoms with van der Waals surface area (Å²) in [5, 5.41) is -0.302. The largest absolute Gasteiger partial charge is 0.266 e. The van der Waals surface area contributed by atoms with E-state index in [1.165, 1.54) is 18.2 Å². The molecule has 0 bridgehead atoms. The number of nitrogens with zero attached hydrogens (tertiary/aromatic N) is 2. The van der Waals surface area contributed by atoms with Crippen molar-refractivity contribution < 1.29 is 8.42 Å². The second kappa shape index (κ2) is 6.32. The number of rotatable bonds is 3. The fourth-order valence-electron chi connectivity index (χ4n) is 1.42. The van der Waals surface area contributed by atoms with E-state index in [-0.39, 0.29) is 36.2 Å². The number of aromatic nitrogens is 2. The van der Waals surface area contributed by atoms with Gasteiger partial charge in [-0.25, -0.2) is 13.4 Å². The van der Waals surface area contributed by atoms with E-state index in [0.717, 1.165) is 0 Å². The normalized spacial score (nSPS) is 11.5. The van der Waals surface area contributed by atoms with Crippen LogP contribution in [0.15, 0.2) is 23.1 Å². The summed E-state index contributed by atoms with van der Waals surface area (Å²) in [6.45, 7) is 0. The predicted octanol–water partition coefficient (Wildman–Crippen LogP) is 4.54. The van der Waals surface area contributed by atoms with Crippen LogP contribution in [-0.4, -0.2) is 18.4 Å². The van der Waals surface area contributed by atoms with Crippen molar-refractivity contribution in [3.63, 3.8) is 0 Å². The summed E-state index contributed by atoms with van der Waals surface area (Å²) in [4.78, 5) is 6.96. The Morgan fingerprint density at radius 2 is 1.48 bits per heavy atom. The van der Waals surface area contributed by atoms with E-state index in [1.807, 2.05) is 0 Å². The summed E-state index contributed by atoms with van der Waals surface area (Å²) in [5.74, 6) is -0.123. The average molecular weight is 407 g/mol. The molecule has 0 amide bonds. The van der Waals surface area contributed by atoms with Crippen molar-refractivity contribution >= 4 is 73.8 Å². The number of hydrogen-bond acceptors (Lipinski definition) is 4. The van der Waals surface area contributed by atoms with Gasteiger partial charge in [-0.2, -0.15) is 4.98 Å². The van der Waals surface area contributed by atoms with Gasteiger partial charge in [0.15, 0.2) is 0 Å². The zero-order chi connectivity index (χ0) is 15.8. The van der Waals surface area contributed by atoms with Crippen molar-refractivity contribution in [2.75, 3.05) is 4.72 Å². The van der Waals surface area contributed by atoms with E-state index in [1.54, 1.807) is 0 Å². The smallest absolute Gasteiger partial charge is 0.263 e. The molecular weight excluding hydrogens is 403 g/mol. The van der Waals surface area contributed by atoms with Gasteiger partial charge in [0.05, 0.1) is 10.0 Å². The Balaban J connectivity index is 2.48. The van der Waals surface area contributed by atoms with Crippen molar-refractivity contribution in [3.8, 4) is 0 Å². The lowest BCUT2D eigenvalue weighted by molar-refractivity contribution is 0.601. The quantitative estimate of drug-likeness (QED) is 0.599. The van der Waals surface area contributed by atoms with Gasteiger partial charge in [0.1, 0.15) is 15.9 Å². The first-order valence-corrected chi connectivity index (χ1v) is 8.44. The zero-order valence-corrected chi connectivity index (χ0v) is 14.3. The van der Waals surface area contributed by atoms with E-state index < -0.39 is 10.0 Å². The van der Waals surface area contributed by atoms with Crippen LogP contribution in [0.4, 0.5) is 5.82 Å². The summed E-state index contributed by atoms with van der Waals surface area (Å²) >= 11 is 28.8. The fourth-order valence-corrected chi connectivity index (χ4v) is 4.36. The molecule has 0 spiro atoms. The molecule has 1 aromatic heterocycles. The second-order valence-corrected chi connectivity index (χ2v) is 7.24. The van der Waals surface area contributed by atoms with Gasteiger partial charge >= 0.3 is 0 Å². The summed E-state index contributed by atoms with van der Waals surface area (Å²) in [6, 6.07) is 3.69. The van der Waals surface area contributed by atoms with Crippen LogP contribution in [0.1, 0.15) is 0 Å². The first-order chi connectivity index (χ1) is 9.69. The van der Waals surface area contributed by atoms with Crippen LogP contribution in [0.25, 0.3) is 0 Å². The molecule has 0 saturated heterocycles. The third kappa shape index (κ3) is 4.03. The molecule has 0 fully saturated rings. The molecule has 0 atom stereocenters. The third-order valence-electron chi connectivity index (χ3n) is 2.14. The van der Waals surface area contributed by atoms with E-state index in [2.05, 4.69) is 14.7 Å². The maximum Gasteiger partial charge on any atom is 0.266 e. The van der Waals surface area contributed by atoms with Crippen LogP contribution in [0.5, 0.6) is 0 Å². The van der Waals surface area contributed by atoms with Crippen LogP contribution in [-0.2, 0) is 10.0 Å². The number of benzene rings is 1. The maximum absolute atomic E-state index is 12.3. The highest BCUT2D eigenvalue weighted by molar-refractivity contribution is 7.93. The number of anilines is 1. The van der Waals surface area contributed by atoms with Crippen molar-refractivity contribution in [1.29, 1.82) is 0 Å². The van der Waals surface area contributed by atoms with Crippen LogP contribution in [0, 0.1) is 0 Å². The number of sulfonamides is 1. The molecule has 11 heteroatoms. The van der Waals surface area contributed by atoms with Crippen molar-refractivity contribution in [2.24, 2.45) is 0 Å². The van der Waals surface area contributed by atoms with Gasteiger partial charge in [-0.3, -0.25) is 4.72 Å². The van der Waals surface area contributed by atoms with Crippen LogP contribution < -0.4 is 4.72 Å². The standard InChI is InChI=1S/C10H4Cl5N3O2S/c11-4-1-5(12)9(6(13)2-4)21(19,20)18-8-3-7(14)16-10(15)17-8/h1-3H,(H,16,17,18). The Labute approximate surface area is 145 Å². The lowest BCUT2D eigenvalue weighted by Crippen LogP contribution is -2.15. The number of nitrogens with one attached hydrogen (secondary N) is 1. The molecule has 1 heterocycles. The third-order valence-corrected chi connectivity index (χ3v) is 4.99. The summed E-state index contributed by atoms with van der Waals surface area (Å²) in [6.07, 6.45) is 0. The SMILES string of the molecule is O=S(=O)(Nc1cc(Cl)nc(Cl)n1)c1c(Cl)cc(Cl)cc1Cl. The molecule has 1 N–H and O–H groups in total. The Bertz CT molecular complexity index is 769. The molecule has 0 aliphatic rings. The van der Waals surface area contributed by atoms with Crippen molar-refractivity contribution in [2.45, 2.75) is 4.90 Å². The lowest BCUT2D eigenvalue weighted by atomic mass is 10.4. The van der Waals surface area contributed by atoms with Gasteiger partial charge in [0.25, 0.3) is 10.0 Å².